The lowest BCUT2D eigenvalue weighted by atomic mass is 10.0. The molecule has 1 heterocycles. The molecule has 4 rings (SSSR count). The van der Waals surface area contributed by atoms with Crippen molar-refractivity contribution >= 4 is 11.8 Å². The molecule has 2 amide bonds. The summed E-state index contributed by atoms with van der Waals surface area (Å²) >= 11 is 0. The smallest absolute Gasteiger partial charge is 0.275 e. The van der Waals surface area contributed by atoms with Crippen LogP contribution >= 0.6 is 0 Å². The van der Waals surface area contributed by atoms with Gasteiger partial charge in [0.15, 0.2) is 11.5 Å². The molecule has 3 aromatic carbocycles. The van der Waals surface area contributed by atoms with Crippen molar-refractivity contribution < 1.29 is 28.2 Å². The molecule has 0 saturated carbocycles. The van der Waals surface area contributed by atoms with Gasteiger partial charge in [-0.05, 0) is 41.0 Å². The van der Waals surface area contributed by atoms with Crippen LogP contribution in [0, 0.1) is 5.82 Å². The molecular weight excluding hydrogens is 515 g/mol. The van der Waals surface area contributed by atoms with Crippen LogP contribution < -0.4 is 19.5 Å². The fraction of sp³-hybridized carbons (Fsp3) is 0.200. The van der Waals surface area contributed by atoms with Crippen LogP contribution in [0.4, 0.5) is 4.39 Å². The topological polar surface area (TPSA) is 103 Å². The van der Waals surface area contributed by atoms with E-state index in [1.807, 2.05) is 30.3 Å². The molecule has 10 heteroatoms. The zero-order valence-corrected chi connectivity index (χ0v) is 22.3. The van der Waals surface area contributed by atoms with Gasteiger partial charge in [0.25, 0.3) is 5.91 Å². The number of hydrogen-bond acceptors (Lipinski definition) is 7. The molecular formula is C30H29FN4O5. The predicted molar refractivity (Wildman–Crippen MR) is 145 cm³/mol. The Kier molecular flexibility index (Phi) is 9.24. The summed E-state index contributed by atoms with van der Waals surface area (Å²) < 4.78 is 30.2. The van der Waals surface area contributed by atoms with Gasteiger partial charge in [-0.15, -0.1) is 0 Å². The van der Waals surface area contributed by atoms with Crippen molar-refractivity contribution in [3.63, 3.8) is 0 Å². The minimum absolute atomic E-state index is 0.0320. The van der Waals surface area contributed by atoms with Gasteiger partial charge < -0.3 is 24.4 Å². The van der Waals surface area contributed by atoms with E-state index in [-0.39, 0.29) is 18.8 Å². The van der Waals surface area contributed by atoms with Crippen molar-refractivity contribution in [3.05, 3.63) is 114 Å². The Balaban J connectivity index is 1.84. The molecule has 1 N–H and O–H groups in total. The van der Waals surface area contributed by atoms with Gasteiger partial charge in [-0.25, -0.2) is 9.37 Å². The Bertz CT molecular complexity index is 1410. The summed E-state index contributed by atoms with van der Waals surface area (Å²) in [6.45, 7) is 0.195. The van der Waals surface area contributed by atoms with Crippen LogP contribution in [-0.4, -0.2) is 48.0 Å². The summed E-state index contributed by atoms with van der Waals surface area (Å²) in [5.41, 5.74) is 1.93. The van der Waals surface area contributed by atoms with Crippen molar-refractivity contribution in [1.82, 2.24) is 20.2 Å². The van der Waals surface area contributed by atoms with Crippen molar-refractivity contribution in [1.29, 1.82) is 0 Å². The summed E-state index contributed by atoms with van der Waals surface area (Å²) in [4.78, 5) is 37.4. The maximum Gasteiger partial charge on any atom is 0.275 e. The van der Waals surface area contributed by atoms with Crippen LogP contribution in [0.2, 0.25) is 0 Å². The number of ether oxygens (including phenoxy) is 3. The van der Waals surface area contributed by atoms with Gasteiger partial charge in [0.2, 0.25) is 11.7 Å². The van der Waals surface area contributed by atoms with Gasteiger partial charge >= 0.3 is 0 Å². The highest BCUT2D eigenvalue weighted by molar-refractivity contribution is 5.96. The molecule has 206 valence electrons. The summed E-state index contributed by atoms with van der Waals surface area (Å²) in [7, 11) is 4.40. The Labute approximate surface area is 231 Å². The lowest BCUT2D eigenvalue weighted by molar-refractivity contribution is -0.126. The average molecular weight is 545 g/mol. The van der Waals surface area contributed by atoms with E-state index in [9.17, 15) is 14.0 Å². The number of benzene rings is 3. The van der Waals surface area contributed by atoms with E-state index in [0.29, 0.717) is 28.4 Å². The SMILES string of the molecule is COc1cc([C@@H](C(=O)NCc2ccccc2)N(Cc2ccc(F)cc2)C(=O)c2cnccn2)cc(OC)c1OC. The minimum Gasteiger partial charge on any atom is -0.493 e. The average Bonchev–Trinajstić information content (AvgIpc) is 3.00. The third-order valence-corrected chi connectivity index (χ3v) is 6.18. The van der Waals surface area contributed by atoms with Gasteiger partial charge in [0, 0.05) is 25.5 Å². The zero-order valence-electron chi connectivity index (χ0n) is 22.3. The second kappa shape index (κ2) is 13.2. The lowest BCUT2D eigenvalue weighted by Gasteiger charge is -2.32. The number of carbonyl (C=O) groups is 2. The van der Waals surface area contributed by atoms with Crippen molar-refractivity contribution in [2.75, 3.05) is 21.3 Å². The number of nitrogens with zero attached hydrogens (tertiary/aromatic N) is 3. The summed E-state index contributed by atoms with van der Waals surface area (Å²) in [5, 5.41) is 2.94. The minimum atomic E-state index is -1.17. The van der Waals surface area contributed by atoms with Crippen LogP contribution in [-0.2, 0) is 17.9 Å². The molecule has 40 heavy (non-hydrogen) atoms. The largest absolute Gasteiger partial charge is 0.493 e. The van der Waals surface area contributed by atoms with Crippen LogP contribution in [0.3, 0.4) is 0 Å². The van der Waals surface area contributed by atoms with Gasteiger partial charge in [0.1, 0.15) is 17.6 Å². The first-order valence-electron chi connectivity index (χ1n) is 12.4. The van der Waals surface area contributed by atoms with E-state index in [4.69, 9.17) is 14.2 Å². The van der Waals surface area contributed by atoms with E-state index in [1.165, 1.54) is 57.0 Å². The van der Waals surface area contributed by atoms with E-state index >= 15 is 0 Å². The highest BCUT2D eigenvalue weighted by atomic mass is 19.1. The van der Waals surface area contributed by atoms with Crippen molar-refractivity contribution in [3.8, 4) is 17.2 Å². The number of methoxy groups -OCH3 is 3. The molecule has 0 fully saturated rings. The summed E-state index contributed by atoms with van der Waals surface area (Å²) in [6, 6.07) is 17.2. The molecule has 0 spiro atoms. The van der Waals surface area contributed by atoms with Crippen LogP contribution in [0.5, 0.6) is 17.2 Å². The van der Waals surface area contributed by atoms with Crippen molar-refractivity contribution in [2.24, 2.45) is 0 Å². The monoisotopic (exact) mass is 544 g/mol. The molecule has 0 radical (unpaired) electrons. The summed E-state index contributed by atoms with van der Waals surface area (Å²) in [6.07, 6.45) is 4.17. The van der Waals surface area contributed by atoms with Gasteiger partial charge in [-0.1, -0.05) is 42.5 Å². The Morgan fingerprint density at radius 2 is 1.57 bits per heavy atom. The third kappa shape index (κ3) is 6.52. The zero-order chi connectivity index (χ0) is 28.5. The number of aromatic nitrogens is 2. The second-order valence-electron chi connectivity index (χ2n) is 8.71. The molecule has 0 saturated heterocycles. The lowest BCUT2D eigenvalue weighted by Crippen LogP contribution is -2.43. The number of halogens is 1. The number of nitrogens with one attached hydrogen (secondary N) is 1. The van der Waals surface area contributed by atoms with Gasteiger partial charge in [-0.3, -0.25) is 14.6 Å². The predicted octanol–water partition coefficient (Wildman–Crippen LogP) is 4.34. The third-order valence-electron chi connectivity index (χ3n) is 6.18. The van der Waals surface area contributed by atoms with E-state index in [0.717, 1.165) is 5.56 Å². The molecule has 4 aromatic rings. The Hall–Kier alpha value is -4.99. The van der Waals surface area contributed by atoms with E-state index in [1.54, 1.807) is 24.3 Å². The summed E-state index contributed by atoms with van der Waals surface area (Å²) in [5.74, 6) is -0.471. The molecule has 1 atom stereocenters. The van der Waals surface area contributed by atoms with Crippen molar-refractivity contribution in [2.45, 2.75) is 19.1 Å². The van der Waals surface area contributed by atoms with Crippen LogP contribution in [0.25, 0.3) is 0 Å². The Morgan fingerprint density at radius 3 is 2.15 bits per heavy atom. The highest BCUT2D eigenvalue weighted by Gasteiger charge is 2.34. The molecule has 0 bridgehead atoms. The van der Waals surface area contributed by atoms with E-state index < -0.39 is 23.7 Å². The Morgan fingerprint density at radius 1 is 0.900 bits per heavy atom. The quantitative estimate of drug-likeness (QED) is 0.300. The maximum atomic E-state index is 14.0. The van der Waals surface area contributed by atoms with Crippen LogP contribution in [0.1, 0.15) is 33.2 Å². The maximum absolute atomic E-state index is 14.0. The first-order valence-corrected chi connectivity index (χ1v) is 12.4. The molecule has 0 aliphatic heterocycles. The van der Waals surface area contributed by atoms with E-state index in [2.05, 4.69) is 15.3 Å². The van der Waals surface area contributed by atoms with Gasteiger partial charge in [0.05, 0.1) is 27.5 Å². The normalized spacial score (nSPS) is 11.3. The molecule has 9 nitrogen and oxygen atoms in total. The molecule has 0 aliphatic rings. The van der Waals surface area contributed by atoms with Gasteiger partial charge in [-0.2, -0.15) is 0 Å². The number of hydrogen-bond donors (Lipinski definition) is 1. The number of carbonyl (C=O) groups excluding carboxylic acids is 2. The fourth-order valence-corrected chi connectivity index (χ4v) is 4.24. The molecule has 0 aliphatic carbocycles. The second-order valence-corrected chi connectivity index (χ2v) is 8.71. The highest BCUT2D eigenvalue weighted by Crippen LogP contribution is 2.41. The first kappa shape index (κ1) is 28.0. The molecule has 0 unspecified atom stereocenters. The van der Waals surface area contributed by atoms with Crippen LogP contribution in [0.15, 0.2) is 85.3 Å². The molecule has 1 aromatic heterocycles. The number of amides is 2. The standard InChI is InChI=1S/C30H29FN4O5/c1-38-25-15-22(16-26(39-2)28(25)40-3)27(29(36)34-17-20-7-5-4-6-8-20)35(19-21-9-11-23(31)12-10-21)30(37)24-18-32-13-14-33-24/h4-16,18,27H,17,19H2,1-3H3,(H,34,36)/t27-/m0/s1. The fourth-order valence-electron chi connectivity index (χ4n) is 4.24. The number of rotatable bonds is 11. The first-order chi connectivity index (χ1) is 19.4.